The Morgan fingerprint density at radius 2 is 1.90 bits per heavy atom. The summed E-state index contributed by atoms with van der Waals surface area (Å²) in [6.07, 6.45) is 1.47. The summed E-state index contributed by atoms with van der Waals surface area (Å²) >= 11 is 0. The van der Waals surface area contributed by atoms with Crippen LogP contribution in [0.3, 0.4) is 0 Å². The van der Waals surface area contributed by atoms with Gasteiger partial charge in [-0.1, -0.05) is 36.4 Å². The first-order valence-corrected chi connectivity index (χ1v) is 10.2. The highest BCUT2D eigenvalue weighted by Crippen LogP contribution is 2.27. The molecule has 0 bridgehead atoms. The number of benzene rings is 2. The van der Waals surface area contributed by atoms with Crippen LogP contribution in [0.4, 0.5) is 5.69 Å². The third-order valence-electron chi connectivity index (χ3n) is 5.65. The Morgan fingerprint density at radius 1 is 1.07 bits per heavy atom. The fourth-order valence-corrected chi connectivity index (χ4v) is 4.07. The maximum absolute atomic E-state index is 13.0. The van der Waals surface area contributed by atoms with E-state index in [1.54, 1.807) is 4.90 Å². The minimum Gasteiger partial charge on any atom is -0.484 e. The number of rotatable bonds is 5. The van der Waals surface area contributed by atoms with Crippen molar-refractivity contribution >= 4 is 17.5 Å². The topological polar surface area (TPSA) is 53.1 Å². The highest BCUT2D eigenvalue weighted by Gasteiger charge is 2.30. The number of amides is 2. The van der Waals surface area contributed by atoms with Gasteiger partial charge in [-0.15, -0.1) is 0 Å². The molecule has 2 aromatic carbocycles. The van der Waals surface area contributed by atoms with E-state index >= 15 is 0 Å². The molecule has 29 heavy (non-hydrogen) atoms. The number of ether oxygens (including phenoxy) is 1. The van der Waals surface area contributed by atoms with Crippen LogP contribution in [0.2, 0.25) is 0 Å². The SMILES string of the molecule is CN1CCN(C(=O)COc2cccc(N3CCCC3=O)c2)[C@@H](c2ccccc2)C1. The zero-order valence-electron chi connectivity index (χ0n) is 16.8. The molecule has 152 valence electrons. The minimum atomic E-state index is -0.0189. The Morgan fingerprint density at radius 3 is 2.66 bits per heavy atom. The van der Waals surface area contributed by atoms with Gasteiger partial charge in [0.25, 0.3) is 5.91 Å². The summed E-state index contributed by atoms with van der Waals surface area (Å²) in [7, 11) is 2.08. The van der Waals surface area contributed by atoms with Gasteiger partial charge in [0, 0.05) is 44.4 Å². The molecule has 6 heteroatoms. The lowest BCUT2D eigenvalue weighted by molar-refractivity contribution is -0.138. The van der Waals surface area contributed by atoms with Gasteiger partial charge in [-0.3, -0.25) is 9.59 Å². The van der Waals surface area contributed by atoms with Crippen LogP contribution in [-0.4, -0.2) is 61.4 Å². The second-order valence-corrected chi connectivity index (χ2v) is 7.71. The predicted octanol–water partition coefficient (Wildman–Crippen LogP) is 2.71. The van der Waals surface area contributed by atoms with Crippen molar-refractivity contribution in [2.24, 2.45) is 0 Å². The molecule has 2 aromatic rings. The van der Waals surface area contributed by atoms with Crippen molar-refractivity contribution in [1.82, 2.24) is 9.80 Å². The van der Waals surface area contributed by atoms with E-state index in [1.165, 1.54) is 0 Å². The van der Waals surface area contributed by atoms with Gasteiger partial charge in [-0.25, -0.2) is 0 Å². The van der Waals surface area contributed by atoms with Gasteiger partial charge in [-0.05, 0) is 31.2 Å². The third kappa shape index (κ3) is 4.43. The van der Waals surface area contributed by atoms with Crippen LogP contribution < -0.4 is 9.64 Å². The van der Waals surface area contributed by atoms with Crippen molar-refractivity contribution in [2.75, 3.05) is 44.7 Å². The average molecular weight is 393 g/mol. The molecule has 4 rings (SSSR count). The standard InChI is InChI=1S/C23H27N3O3/c1-24-13-14-26(21(16-24)18-7-3-2-4-8-18)23(28)17-29-20-10-5-9-19(15-20)25-12-6-11-22(25)27/h2-5,7-10,15,21H,6,11-14,16-17H2,1H3/t21-/m1/s1. The summed E-state index contributed by atoms with van der Waals surface area (Å²) in [6.45, 7) is 3.07. The molecule has 2 fully saturated rings. The van der Waals surface area contributed by atoms with Crippen molar-refractivity contribution in [2.45, 2.75) is 18.9 Å². The number of piperazine rings is 1. The van der Waals surface area contributed by atoms with Crippen molar-refractivity contribution in [3.8, 4) is 5.75 Å². The van der Waals surface area contributed by atoms with E-state index in [0.29, 0.717) is 18.7 Å². The van der Waals surface area contributed by atoms with E-state index in [1.807, 2.05) is 47.4 Å². The van der Waals surface area contributed by atoms with E-state index in [4.69, 9.17) is 4.74 Å². The van der Waals surface area contributed by atoms with Crippen LogP contribution in [0, 0.1) is 0 Å². The molecule has 2 aliphatic heterocycles. The highest BCUT2D eigenvalue weighted by molar-refractivity contribution is 5.95. The molecule has 2 amide bonds. The molecule has 0 aliphatic carbocycles. The Balaban J connectivity index is 1.43. The summed E-state index contributed by atoms with van der Waals surface area (Å²) in [4.78, 5) is 30.9. The smallest absolute Gasteiger partial charge is 0.261 e. The predicted molar refractivity (Wildman–Crippen MR) is 112 cm³/mol. The Labute approximate surface area is 171 Å². The van der Waals surface area contributed by atoms with Crippen LogP contribution in [0.25, 0.3) is 0 Å². The van der Waals surface area contributed by atoms with Gasteiger partial charge in [0.15, 0.2) is 6.61 Å². The normalized spacial score (nSPS) is 20.2. The molecular formula is C23H27N3O3. The maximum atomic E-state index is 13.0. The zero-order chi connectivity index (χ0) is 20.2. The van der Waals surface area contributed by atoms with Crippen molar-refractivity contribution < 1.29 is 14.3 Å². The number of carbonyl (C=O) groups excluding carboxylic acids is 2. The third-order valence-corrected chi connectivity index (χ3v) is 5.65. The fraction of sp³-hybridized carbons (Fsp3) is 0.391. The summed E-state index contributed by atoms with van der Waals surface area (Å²) < 4.78 is 5.82. The summed E-state index contributed by atoms with van der Waals surface area (Å²) in [5.41, 5.74) is 1.97. The van der Waals surface area contributed by atoms with E-state index in [0.717, 1.165) is 37.3 Å². The Kier molecular flexibility index (Phi) is 5.81. The second-order valence-electron chi connectivity index (χ2n) is 7.71. The molecule has 0 aromatic heterocycles. The molecule has 2 heterocycles. The zero-order valence-corrected chi connectivity index (χ0v) is 16.8. The van der Waals surface area contributed by atoms with Gasteiger partial charge in [0.2, 0.25) is 5.91 Å². The van der Waals surface area contributed by atoms with Crippen molar-refractivity contribution in [3.63, 3.8) is 0 Å². The summed E-state index contributed by atoms with van der Waals surface area (Å²) in [5.74, 6) is 0.733. The van der Waals surface area contributed by atoms with E-state index in [2.05, 4.69) is 24.1 Å². The Bertz CT molecular complexity index is 871. The number of nitrogens with zero attached hydrogens (tertiary/aromatic N) is 3. The molecule has 0 radical (unpaired) electrons. The lowest BCUT2D eigenvalue weighted by Gasteiger charge is -2.40. The molecular weight excluding hydrogens is 366 g/mol. The largest absolute Gasteiger partial charge is 0.484 e. The van der Waals surface area contributed by atoms with Gasteiger partial charge >= 0.3 is 0 Å². The molecule has 0 N–H and O–H groups in total. The van der Waals surface area contributed by atoms with E-state index in [-0.39, 0.29) is 24.5 Å². The number of carbonyl (C=O) groups is 2. The summed E-state index contributed by atoms with van der Waals surface area (Å²) in [6, 6.07) is 17.6. The van der Waals surface area contributed by atoms with Gasteiger partial charge in [0.05, 0.1) is 6.04 Å². The second kappa shape index (κ2) is 8.66. The van der Waals surface area contributed by atoms with E-state index < -0.39 is 0 Å². The van der Waals surface area contributed by atoms with Crippen LogP contribution in [-0.2, 0) is 9.59 Å². The van der Waals surface area contributed by atoms with Crippen LogP contribution in [0.1, 0.15) is 24.4 Å². The van der Waals surface area contributed by atoms with Crippen molar-refractivity contribution in [1.29, 1.82) is 0 Å². The maximum Gasteiger partial charge on any atom is 0.261 e. The molecule has 0 saturated carbocycles. The first-order chi connectivity index (χ1) is 14.1. The minimum absolute atomic E-state index is 0.00948. The number of likely N-dealkylation sites (N-methyl/N-ethyl adjacent to an activating group) is 1. The molecule has 6 nitrogen and oxygen atoms in total. The van der Waals surface area contributed by atoms with Gasteiger partial charge in [-0.2, -0.15) is 0 Å². The molecule has 0 unspecified atom stereocenters. The number of hydrogen-bond donors (Lipinski definition) is 0. The first-order valence-electron chi connectivity index (χ1n) is 10.2. The van der Waals surface area contributed by atoms with Gasteiger partial charge < -0.3 is 19.4 Å². The number of anilines is 1. The number of hydrogen-bond acceptors (Lipinski definition) is 4. The van der Waals surface area contributed by atoms with Gasteiger partial charge in [0.1, 0.15) is 5.75 Å². The quantitative estimate of drug-likeness (QED) is 0.784. The lowest BCUT2D eigenvalue weighted by Crippen LogP contribution is -2.50. The average Bonchev–Trinajstić information content (AvgIpc) is 3.19. The monoisotopic (exact) mass is 393 g/mol. The lowest BCUT2D eigenvalue weighted by atomic mass is 10.0. The van der Waals surface area contributed by atoms with Crippen molar-refractivity contribution in [3.05, 3.63) is 60.2 Å². The molecule has 1 atom stereocenters. The van der Waals surface area contributed by atoms with E-state index in [9.17, 15) is 9.59 Å². The van der Waals surface area contributed by atoms with Crippen LogP contribution in [0.5, 0.6) is 5.75 Å². The first kappa shape index (κ1) is 19.5. The van der Waals surface area contributed by atoms with Crippen LogP contribution >= 0.6 is 0 Å². The molecule has 0 spiro atoms. The highest BCUT2D eigenvalue weighted by atomic mass is 16.5. The molecule has 2 saturated heterocycles. The summed E-state index contributed by atoms with van der Waals surface area (Å²) in [5, 5.41) is 0. The van der Waals surface area contributed by atoms with Crippen LogP contribution in [0.15, 0.2) is 54.6 Å². The Hall–Kier alpha value is -2.86. The fourth-order valence-electron chi connectivity index (χ4n) is 4.07. The molecule has 2 aliphatic rings.